The molecule has 0 aliphatic carbocycles. The summed E-state index contributed by atoms with van der Waals surface area (Å²) in [5, 5.41) is 6.22. The molecule has 2 atom stereocenters. The molecular weight excluding hydrogens is 132 g/mol. The Hall–Kier alpha value is -0.160. The fraction of sp³-hybridized carbons (Fsp3) is 1.00. The molecule has 4 heteroatoms. The molecular formula is C6H14N2O2. The van der Waals surface area contributed by atoms with E-state index in [1.54, 1.807) is 14.2 Å². The van der Waals surface area contributed by atoms with Gasteiger partial charge in [-0.25, -0.2) is 0 Å². The first-order valence-corrected chi connectivity index (χ1v) is 3.42. The van der Waals surface area contributed by atoms with E-state index >= 15 is 0 Å². The van der Waals surface area contributed by atoms with Crippen LogP contribution < -0.4 is 10.6 Å². The zero-order chi connectivity index (χ0) is 7.40. The lowest BCUT2D eigenvalue weighted by Gasteiger charge is -2.29. The summed E-state index contributed by atoms with van der Waals surface area (Å²) in [6.45, 7) is 0.935. The van der Waals surface area contributed by atoms with Crippen molar-refractivity contribution in [1.29, 1.82) is 0 Å². The molecule has 10 heavy (non-hydrogen) atoms. The second-order valence-electron chi connectivity index (χ2n) is 2.25. The number of rotatable bonds is 2. The molecule has 0 aromatic carbocycles. The van der Waals surface area contributed by atoms with E-state index in [1.165, 1.54) is 0 Å². The van der Waals surface area contributed by atoms with Gasteiger partial charge in [0.05, 0.1) is 0 Å². The molecule has 0 spiro atoms. The van der Waals surface area contributed by atoms with E-state index in [-0.39, 0.29) is 12.6 Å². The van der Waals surface area contributed by atoms with Crippen LogP contribution in [0.25, 0.3) is 0 Å². The highest BCUT2D eigenvalue weighted by Crippen LogP contribution is 1.98. The second kappa shape index (κ2) is 3.88. The van der Waals surface area contributed by atoms with Crippen LogP contribution in [0.4, 0.5) is 0 Å². The first-order valence-electron chi connectivity index (χ1n) is 3.42. The molecule has 0 amide bonds. The largest absolute Gasteiger partial charge is 0.366 e. The Bertz CT molecular complexity index is 89.7. The lowest BCUT2D eigenvalue weighted by molar-refractivity contribution is -0.0506. The monoisotopic (exact) mass is 146 g/mol. The Balaban J connectivity index is 2.25. The van der Waals surface area contributed by atoms with E-state index in [0.29, 0.717) is 0 Å². The molecule has 1 aliphatic rings. The minimum absolute atomic E-state index is 0.0568. The van der Waals surface area contributed by atoms with Gasteiger partial charge in [0, 0.05) is 20.8 Å². The number of hydrogen-bond donors (Lipinski definition) is 2. The average Bonchev–Trinajstić information content (AvgIpc) is 2.05. The highest BCUT2D eigenvalue weighted by molar-refractivity contribution is 4.66. The highest BCUT2D eigenvalue weighted by atomic mass is 16.5. The lowest BCUT2D eigenvalue weighted by atomic mass is 10.3. The van der Waals surface area contributed by atoms with Crippen molar-refractivity contribution in [2.75, 3.05) is 20.8 Å². The van der Waals surface area contributed by atoms with Crippen LogP contribution in [0.2, 0.25) is 0 Å². The molecule has 1 rings (SSSR count). The summed E-state index contributed by atoms with van der Waals surface area (Å²) in [6, 6.07) is 0. The third-order valence-corrected chi connectivity index (χ3v) is 1.59. The van der Waals surface area contributed by atoms with Crippen LogP contribution in [-0.2, 0) is 9.47 Å². The maximum atomic E-state index is 5.09. The average molecular weight is 146 g/mol. The van der Waals surface area contributed by atoms with Gasteiger partial charge in [-0.2, -0.15) is 0 Å². The third kappa shape index (κ3) is 1.91. The molecule has 0 bridgehead atoms. The van der Waals surface area contributed by atoms with Crippen molar-refractivity contribution in [3.05, 3.63) is 0 Å². The van der Waals surface area contributed by atoms with Crippen LogP contribution in [0.5, 0.6) is 0 Å². The van der Waals surface area contributed by atoms with Gasteiger partial charge in [-0.3, -0.25) is 10.6 Å². The Morgan fingerprint density at radius 2 is 2.10 bits per heavy atom. The van der Waals surface area contributed by atoms with Gasteiger partial charge in [0.2, 0.25) is 0 Å². The smallest absolute Gasteiger partial charge is 0.165 e. The van der Waals surface area contributed by atoms with E-state index in [2.05, 4.69) is 10.6 Å². The zero-order valence-corrected chi connectivity index (χ0v) is 6.39. The summed E-state index contributed by atoms with van der Waals surface area (Å²) in [4.78, 5) is 0. The van der Waals surface area contributed by atoms with Gasteiger partial charge in [0.25, 0.3) is 0 Å². The van der Waals surface area contributed by atoms with Gasteiger partial charge in [-0.1, -0.05) is 0 Å². The third-order valence-electron chi connectivity index (χ3n) is 1.59. The van der Waals surface area contributed by atoms with Crippen LogP contribution in [0.15, 0.2) is 0 Å². The summed E-state index contributed by atoms with van der Waals surface area (Å²) in [5.41, 5.74) is 0. The maximum Gasteiger partial charge on any atom is 0.165 e. The first kappa shape index (κ1) is 7.94. The number of methoxy groups -OCH3 is 2. The van der Waals surface area contributed by atoms with Crippen LogP contribution in [0.1, 0.15) is 6.42 Å². The van der Waals surface area contributed by atoms with Gasteiger partial charge in [0.1, 0.15) is 6.23 Å². The Labute approximate surface area is 60.9 Å². The second-order valence-corrected chi connectivity index (χ2v) is 2.25. The van der Waals surface area contributed by atoms with Crippen molar-refractivity contribution >= 4 is 0 Å². The van der Waals surface area contributed by atoms with Crippen molar-refractivity contribution in [3.8, 4) is 0 Å². The fourth-order valence-electron chi connectivity index (χ4n) is 0.994. The van der Waals surface area contributed by atoms with Crippen molar-refractivity contribution in [2.45, 2.75) is 19.0 Å². The quantitative estimate of drug-likeness (QED) is 0.549. The molecule has 2 unspecified atom stereocenters. The van der Waals surface area contributed by atoms with Gasteiger partial charge in [-0.05, 0) is 6.42 Å². The summed E-state index contributed by atoms with van der Waals surface area (Å²) in [6.07, 6.45) is 1.06. The Morgan fingerprint density at radius 1 is 1.30 bits per heavy atom. The fourth-order valence-corrected chi connectivity index (χ4v) is 0.994. The molecule has 1 fully saturated rings. The highest BCUT2D eigenvalue weighted by Gasteiger charge is 2.18. The summed E-state index contributed by atoms with van der Waals surface area (Å²) >= 11 is 0. The van der Waals surface area contributed by atoms with E-state index in [0.717, 1.165) is 13.0 Å². The minimum Gasteiger partial charge on any atom is -0.366 e. The normalized spacial score (nSPS) is 34.2. The van der Waals surface area contributed by atoms with E-state index in [4.69, 9.17) is 9.47 Å². The van der Waals surface area contributed by atoms with Crippen LogP contribution in [0, 0.1) is 0 Å². The topological polar surface area (TPSA) is 42.5 Å². The van der Waals surface area contributed by atoms with Gasteiger partial charge in [-0.15, -0.1) is 0 Å². The molecule has 0 radical (unpaired) electrons. The molecule has 0 aromatic rings. The Kier molecular flexibility index (Phi) is 3.08. The predicted molar refractivity (Wildman–Crippen MR) is 37.3 cm³/mol. The summed E-state index contributed by atoms with van der Waals surface area (Å²) in [7, 11) is 3.35. The van der Waals surface area contributed by atoms with Gasteiger partial charge < -0.3 is 9.47 Å². The first-order chi connectivity index (χ1) is 4.86. The standard InChI is InChI=1S/C6H14N2O2/c1-9-5-3-4-7-6(8-5)10-2/h5-8H,3-4H2,1-2H3. The van der Waals surface area contributed by atoms with Crippen LogP contribution in [-0.4, -0.2) is 33.3 Å². The molecule has 1 heterocycles. The van der Waals surface area contributed by atoms with Crippen molar-refractivity contribution in [1.82, 2.24) is 10.6 Å². The molecule has 1 aliphatic heterocycles. The molecule has 4 nitrogen and oxygen atoms in total. The predicted octanol–water partition coefficient (Wildman–Crippen LogP) is -0.528. The van der Waals surface area contributed by atoms with Gasteiger partial charge >= 0.3 is 0 Å². The molecule has 1 saturated heterocycles. The zero-order valence-electron chi connectivity index (χ0n) is 6.39. The number of nitrogens with one attached hydrogen (secondary N) is 2. The Morgan fingerprint density at radius 3 is 2.70 bits per heavy atom. The summed E-state index contributed by atoms with van der Waals surface area (Å²) < 4.78 is 10.1. The SMILES string of the molecule is COC1CCNC(OC)N1. The van der Waals surface area contributed by atoms with Crippen LogP contribution >= 0.6 is 0 Å². The molecule has 0 saturated carbocycles. The summed E-state index contributed by atoms with van der Waals surface area (Å²) in [5.74, 6) is 0. The van der Waals surface area contributed by atoms with E-state index in [9.17, 15) is 0 Å². The number of ether oxygens (including phenoxy) is 2. The van der Waals surface area contributed by atoms with Crippen LogP contribution in [0.3, 0.4) is 0 Å². The van der Waals surface area contributed by atoms with Crippen molar-refractivity contribution in [2.24, 2.45) is 0 Å². The molecule has 60 valence electrons. The molecule has 2 N–H and O–H groups in total. The van der Waals surface area contributed by atoms with E-state index in [1.807, 2.05) is 0 Å². The van der Waals surface area contributed by atoms with Crippen molar-refractivity contribution in [3.63, 3.8) is 0 Å². The lowest BCUT2D eigenvalue weighted by Crippen LogP contribution is -2.55. The van der Waals surface area contributed by atoms with Gasteiger partial charge in [0.15, 0.2) is 6.35 Å². The minimum atomic E-state index is -0.0568. The van der Waals surface area contributed by atoms with E-state index < -0.39 is 0 Å². The number of hydrogen-bond acceptors (Lipinski definition) is 4. The molecule has 0 aromatic heterocycles. The van der Waals surface area contributed by atoms with Crippen molar-refractivity contribution < 1.29 is 9.47 Å². The maximum absolute atomic E-state index is 5.09.